The molecule has 6 rings (SSSR count). The molecule has 0 saturated carbocycles. The van der Waals surface area contributed by atoms with E-state index in [0.29, 0.717) is 11.6 Å². The number of benzene rings is 5. The van der Waals surface area contributed by atoms with Crippen LogP contribution in [0.25, 0.3) is 0 Å². The van der Waals surface area contributed by atoms with Gasteiger partial charge in [0.2, 0.25) is 0 Å². The molecule has 0 bridgehead atoms. The van der Waals surface area contributed by atoms with Gasteiger partial charge in [-0.2, -0.15) is 0 Å². The van der Waals surface area contributed by atoms with E-state index < -0.39 is 31.4 Å². The van der Waals surface area contributed by atoms with Crippen LogP contribution in [0.2, 0.25) is 0 Å². The summed E-state index contributed by atoms with van der Waals surface area (Å²) in [6.07, 6.45) is 0.636. The number of ether oxygens (including phenoxy) is 4. The van der Waals surface area contributed by atoms with Gasteiger partial charge in [0.15, 0.2) is 0 Å². The lowest BCUT2D eigenvalue weighted by Crippen LogP contribution is -2.35. The molecular weight excluding hydrogens is 631 g/mol. The molecule has 1 N–H and O–H groups in total. The Balaban J connectivity index is 1.65. The Bertz CT molecular complexity index is 1950. The molecular formula is C38H29O9P. The third-order valence-electron chi connectivity index (χ3n) is 7.79. The molecule has 0 amide bonds. The van der Waals surface area contributed by atoms with E-state index in [2.05, 4.69) is 0 Å². The van der Waals surface area contributed by atoms with E-state index >= 15 is 0 Å². The van der Waals surface area contributed by atoms with Crippen LogP contribution < -0.4 is 30.1 Å². The number of aldehydes is 1. The smallest absolute Gasteiger partial charge is 0.338 e. The van der Waals surface area contributed by atoms with Crippen LogP contribution in [0.15, 0.2) is 109 Å². The summed E-state index contributed by atoms with van der Waals surface area (Å²) in [7, 11) is -0.0958. The first-order valence-electron chi connectivity index (χ1n) is 14.8. The maximum absolute atomic E-state index is 13.6. The third-order valence-corrected chi connectivity index (χ3v) is 10.3. The summed E-state index contributed by atoms with van der Waals surface area (Å²) < 4.78 is 22.0. The predicted octanol–water partition coefficient (Wildman–Crippen LogP) is 5.28. The SMILES string of the molecule is COC(=O)c1cc(C2(O)c3ccc(OC(C)=O)cc3Oc3cc(OC(C)=O)ccc32)c(C=O)cc1P(c1ccccc1)c1ccccc1. The van der Waals surface area contributed by atoms with Crippen molar-refractivity contribution in [2.24, 2.45) is 0 Å². The summed E-state index contributed by atoms with van der Waals surface area (Å²) in [6, 6.07) is 31.3. The van der Waals surface area contributed by atoms with E-state index in [1.165, 1.54) is 63.4 Å². The molecule has 1 aliphatic rings. The number of carbonyl (C=O) groups is 4. The molecule has 0 atom stereocenters. The van der Waals surface area contributed by atoms with E-state index in [1.54, 1.807) is 6.07 Å². The van der Waals surface area contributed by atoms with Crippen LogP contribution in [0.4, 0.5) is 0 Å². The number of esters is 3. The van der Waals surface area contributed by atoms with Crippen molar-refractivity contribution in [3.05, 3.63) is 137 Å². The van der Waals surface area contributed by atoms with Gasteiger partial charge in [0.1, 0.15) is 34.9 Å². The normalized spacial score (nSPS) is 12.6. The minimum absolute atomic E-state index is 0.0870. The average Bonchev–Trinajstić information content (AvgIpc) is 3.08. The fourth-order valence-electron chi connectivity index (χ4n) is 5.84. The first-order valence-corrected chi connectivity index (χ1v) is 16.2. The van der Waals surface area contributed by atoms with Gasteiger partial charge in [-0.25, -0.2) is 4.79 Å². The summed E-state index contributed by atoms with van der Waals surface area (Å²) in [5.41, 5.74) is -1.28. The first kappa shape index (κ1) is 32.3. The molecule has 0 saturated heterocycles. The second-order valence-corrected chi connectivity index (χ2v) is 13.1. The molecule has 1 heterocycles. The molecule has 10 heteroatoms. The standard InChI is InChI=1S/C38H29O9P/c1-23(40)45-26-14-16-31-34(19-26)47-35-20-27(46-24(2)41)15-17-32(35)38(31,43)33-21-30(37(42)44-3)36(18-25(33)22-39)48(28-10-6-4-7-11-28)29-12-8-5-9-13-29/h4-22,43H,1-3H3. The largest absolute Gasteiger partial charge is 0.465 e. The zero-order chi connectivity index (χ0) is 34.0. The van der Waals surface area contributed by atoms with Gasteiger partial charge in [0, 0.05) is 53.5 Å². The van der Waals surface area contributed by atoms with Gasteiger partial charge in [-0.15, -0.1) is 0 Å². The van der Waals surface area contributed by atoms with Crippen LogP contribution >= 0.6 is 7.92 Å². The van der Waals surface area contributed by atoms with Gasteiger partial charge in [-0.1, -0.05) is 60.7 Å². The number of aliphatic hydroxyl groups is 1. The van der Waals surface area contributed by atoms with Crippen LogP contribution in [0, 0.1) is 0 Å². The summed E-state index contributed by atoms with van der Waals surface area (Å²) in [5, 5.41) is 15.4. The van der Waals surface area contributed by atoms with Crippen LogP contribution in [0.5, 0.6) is 23.0 Å². The van der Waals surface area contributed by atoms with E-state index in [9.17, 15) is 24.3 Å². The Morgan fingerprint density at radius 2 is 1.21 bits per heavy atom. The molecule has 0 aliphatic carbocycles. The summed E-state index contributed by atoms with van der Waals surface area (Å²) in [4.78, 5) is 50.1. The number of methoxy groups -OCH3 is 1. The lowest BCUT2D eigenvalue weighted by atomic mass is 9.76. The topological polar surface area (TPSA) is 125 Å². The van der Waals surface area contributed by atoms with E-state index in [4.69, 9.17) is 18.9 Å². The fraction of sp³-hybridized carbons (Fsp3) is 0.105. The van der Waals surface area contributed by atoms with Gasteiger partial charge >= 0.3 is 17.9 Å². The van der Waals surface area contributed by atoms with E-state index in [1.807, 2.05) is 60.7 Å². The molecule has 5 aromatic rings. The van der Waals surface area contributed by atoms with Crippen molar-refractivity contribution in [2.75, 3.05) is 7.11 Å². The van der Waals surface area contributed by atoms with Gasteiger partial charge in [-0.3, -0.25) is 14.4 Å². The molecule has 5 aromatic carbocycles. The Labute approximate surface area is 277 Å². The van der Waals surface area contributed by atoms with E-state index in [0.717, 1.165) is 10.6 Å². The van der Waals surface area contributed by atoms with Crippen molar-refractivity contribution in [3.8, 4) is 23.0 Å². The molecule has 0 aromatic heterocycles. The summed E-state index contributed by atoms with van der Waals surface area (Å²) in [6.45, 7) is 2.51. The third kappa shape index (κ3) is 5.97. The number of fused-ring (bicyclic) bond motifs is 2. The zero-order valence-corrected chi connectivity index (χ0v) is 27.0. The molecule has 240 valence electrons. The minimum Gasteiger partial charge on any atom is -0.465 e. The highest BCUT2D eigenvalue weighted by Gasteiger charge is 2.45. The van der Waals surface area contributed by atoms with Gasteiger partial charge < -0.3 is 24.1 Å². The lowest BCUT2D eigenvalue weighted by molar-refractivity contribution is -0.132. The quantitative estimate of drug-likeness (QED) is 0.102. The Kier molecular flexibility index (Phi) is 8.91. The van der Waals surface area contributed by atoms with Crippen molar-refractivity contribution >= 4 is 48.0 Å². The van der Waals surface area contributed by atoms with Gasteiger partial charge in [-0.05, 0) is 54.9 Å². The molecule has 0 radical (unpaired) electrons. The number of hydrogen-bond acceptors (Lipinski definition) is 9. The van der Waals surface area contributed by atoms with Gasteiger partial charge in [0.25, 0.3) is 0 Å². The van der Waals surface area contributed by atoms with Crippen LogP contribution in [-0.4, -0.2) is 36.4 Å². The fourth-order valence-corrected chi connectivity index (χ4v) is 8.30. The second-order valence-electron chi connectivity index (χ2n) is 10.9. The monoisotopic (exact) mass is 660 g/mol. The second kappa shape index (κ2) is 13.2. The maximum atomic E-state index is 13.6. The predicted molar refractivity (Wildman–Crippen MR) is 180 cm³/mol. The van der Waals surface area contributed by atoms with Crippen molar-refractivity contribution in [1.29, 1.82) is 0 Å². The van der Waals surface area contributed by atoms with Crippen LogP contribution in [-0.2, 0) is 19.9 Å². The Morgan fingerprint density at radius 3 is 1.65 bits per heavy atom. The minimum atomic E-state index is -2.08. The lowest BCUT2D eigenvalue weighted by Gasteiger charge is -2.38. The van der Waals surface area contributed by atoms with E-state index in [-0.39, 0.29) is 50.8 Å². The number of rotatable bonds is 8. The number of carbonyl (C=O) groups excluding carboxylic acids is 4. The average molecular weight is 661 g/mol. The van der Waals surface area contributed by atoms with Crippen molar-refractivity contribution < 1.29 is 43.2 Å². The van der Waals surface area contributed by atoms with Crippen LogP contribution in [0.1, 0.15) is 51.3 Å². The van der Waals surface area contributed by atoms with Crippen molar-refractivity contribution in [3.63, 3.8) is 0 Å². The Hall–Kier alpha value is -5.63. The summed E-state index contributed by atoms with van der Waals surface area (Å²) in [5.74, 6) is -1.25. The number of hydrogen-bond donors (Lipinski definition) is 1. The van der Waals surface area contributed by atoms with Crippen molar-refractivity contribution in [2.45, 2.75) is 19.4 Å². The molecule has 48 heavy (non-hydrogen) atoms. The zero-order valence-electron chi connectivity index (χ0n) is 26.1. The first-order chi connectivity index (χ1) is 23.1. The van der Waals surface area contributed by atoms with Gasteiger partial charge in [0.05, 0.1) is 12.7 Å². The highest BCUT2D eigenvalue weighted by Crippen LogP contribution is 2.53. The molecule has 9 nitrogen and oxygen atoms in total. The summed E-state index contributed by atoms with van der Waals surface area (Å²) >= 11 is 0. The maximum Gasteiger partial charge on any atom is 0.338 e. The molecule has 1 aliphatic heterocycles. The molecule has 0 fully saturated rings. The molecule has 0 unspecified atom stereocenters. The van der Waals surface area contributed by atoms with Crippen molar-refractivity contribution in [1.82, 2.24) is 0 Å². The molecule has 0 spiro atoms. The highest BCUT2D eigenvalue weighted by atomic mass is 31.1. The Morgan fingerprint density at radius 1 is 0.708 bits per heavy atom. The highest BCUT2D eigenvalue weighted by molar-refractivity contribution is 7.80. The van der Waals surface area contributed by atoms with Crippen LogP contribution in [0.3, 0.4) is 0 Å².